The first kappa shape index (κ1) is 14.6. The van der Waals surface area contributed by atoms with Gasteiger partial charge in [-0.15, -0.1) is 0 Å². The van der Waals surface area contributed by atoms with Crippen molar-refractivity contribution in [3.63, 3.8) is 0 Å². The van der Waals surface area contributed by atoms with Gasteiger partial charge in [0.25, 0.3) is 0 Å². The fourth-order valence-corrected chi connectivity index (χ4v) is 3.62. The summed E-state index contributed by atoms with van der Waals surface area (Å²) in [5.74, 6) is 1.24. The first-order valence-electron chi connectivity index (χ1n) is 8.18. The zero-order valence-electron chi connectivity index (χ0n) is 12.9. The number of nitrogens with two attached hydrogens (primary N) is 1. The van der Waals surface area contributed by atoms with E-state index in [2.05, 4.69) is 36.5 Å². The standard InChI is InChI=1S/C18H26N2O/c1-18(12-19,16-8-9-16)20-17(21)11-13-6-7-14-4-2-3-5-15(14)10-13/h2-5,13,16H,6-12,19H2,1H3,(H,20,21). The van der Waals surface area contributed by atoms with Crippen LogP contribution in [0.4, 0.5) is 0 Å². The van der Waals surface area contributed by atoms with Gasteiger partial charge in [-0.25, -0.2) is 0 Å². The molecule has 3 N–H and O–H groups in total. The molecule has 0 heterocycles. The molecular weight excluding hydrogens is 260 g/mol. The van der Waals surface area contributed by atoms with Gasteiger partial charge in [0.05, 0.1) is 5.54 Å². The zero-order chi connectivity index (χ0) is 14.9. The number of nitrogens with one attached hydrogen (secondary N) is 1. The van der Waals surface area contributed by atoms with Crippen molar-refractivity contribution in [3.05, 3.63) is 35.4 Å². The Balaban J connectivity index is 1.56. The highest BCUT2D eigenvalue weighted by Crippen LogP contribution is 2.39. The highest BCUT2D eigenvalue weighted by Gasteiger charge is 2.41. The van der Waals surface area contributed by atoms with Crippen LogP contribution in [0.25, 0.3) is 0 Å². The Bertz CT molecular complexity index is 524. The van der Waals surface area contributed by atoms with E-state index in [1.807, 2.05) is 0 Å². The van der Waals surface area contributed by atoms with Crippen molar-refractivity contribution in [2.75, 3.05) is 6.54 Å². The molecule has 2 aliphatic carbocycles. The smallest absolute Gasteiger partial charge is 0.220 e. The van der Waals surface area contributed by atoms with E-state index in [4.69, 9.17) is 5.73 Å². The molecule has 0 saturated heterocycles. The van der Waals surface area contributed by atoms with Crippen LogP contribution in [-0.2, 0) is 17.6 Å². The van der Waals surface area contributed by atoms with Gasteiger partial charge < -0.3 is 11.1 Å². The van der Waals surface area contributed by atoms with Gasteiger partial charge in [-0.1, -0.05) is 24.3 Å². The first-order chi connectivity index (χ1) is 10.1. The van der Waals surface area contributed by atoms with Crippen LogP contribution in [0.2, 0.25) is 0 Å². The highest BCUT2D eigenvalue weighted by molar-refractivity contribution is 5.77. The topological polar surface area (TPSA) is 55.1 Å². The SMILES string of the molecule is CC(CN)(NC(=O)CC1CCc2ccccc2C1)C1CC1. The fourth-order valence-electron chi connectivity index (χ4n) is 3.62. The molecule has 114 valence electrons. The summed E-state index contributed by atoms with van der Waals surface area (Å²) in [6.07, 6.45) is 6.29. The lowest BCUT2D eigenvalue weighted by atomic mass is 9.82. The van der Waals surface area contributed by atoms with Crippen molar-refractivity contribution in [1.82, 2.24) is 5.32 Å². The quantitative estimate of drug-likeness (QED) is 0.873. The Morgan fingerprint density at radius 2 is 2.00 bits per heavy atom. The molecule has 1 aromatic carbocycles. The van der Waals surface area contributed by atoms with Crippen LogP contribution in [-0.4, -0.2) is 18.0 Å². The fraction of sp³-hybridized carbons (Fsp3) is 0.611. The number of aryl methyl sites for hydroxylation is 1. The van der Waals surface area contributed by atoms with Crippen LogP contribution >= 0.6 is 0 Å². The predicted molar refractivity (Wildman–Crippen MR) is 84.9 cm³/mol. The van der Waals surface area contributed by atoms with Gasteiger partial charge in [0.15, 0.2) is 0 Å². The molecule has 2 atom stereocenters. The third-order valence-electron chi connectivity index (χ3n) is 5.25. The van der Waals surface area contributed by atoms with Crippen molar-refractivity contribution >= 4 is 5.91 Å². The Labute approximate surface area is 127 Å². The largest absolute Gasteiger partial charge is 0.349 e. The van der Waals surface area contributed by atoms with E-state index in [0.717, 1.165) is 19.3 Å². The Morgan fingerprint density at radius 3 is 2.67 bits per heavy atom. The molecule has 0 aliphatic heterocycles. The van der Waals surface area contributed by atoms with Gasteiger partial charge in [-0.3, -0.25) is 4.79 Å². The van der Waals surface area contributed by atoms with Crippen LogP contribution in [0.3, 0.4) is 0 Å². The monoisotopic (exact) mass is 286 g/mol. The number of hydrogen-bond acceptors (Lipinski definition) is 2. The minimum Gasteiger partial charge on any atom is -0.349 e. The normalized spacial score (nSPS) is 24.0. The lowest BCUT2D eigenvalue weighted by Crippen LogP contribution is -2.53. The van der Waals surface area contributed by atoms with E-state index in [-0.39, 0.29) is 11.4 Å². The molecule has 0 aromatic heterocycles. The van der Waals surface area contributed by atoms with Gasteiger partial charge in [0.2, 0.25) is 5.91 Å². The number of hydrogen-bond donors (Lipinski definition) is 2. The number of rotatable bonds is 5. The summed E-state index contributed by atoms with van der Waals surface area (Å²) in [6.45, 7) is 2.63. The van der Waals surface area contributed by atoms with Crippen molar-refractivity contribution in [1.29, 1.82) is 0 Å². The summed E-state index contributed by atoms with van der Waals surface area (Å²) >= 11 is 0. The Hall–Kier alpha value is -1.35. The Morgan fingerprint density at radius 1 is 1.29 bits per heavy atom. The number of carbonyl (C=O) groups excluding carboxylic acids is 1. The summed E-state index contributed by atoms with van der Waals surface area (Å²) in [4.78, 5) is 12.4. The van der Waals surface area contributed by atoms with Gasteiger partial charge in [-0.2, -0.15) is 0 Å². The molecule has 3 rings (SSSR count). The molecule has 1 fully saturated rings. The predicted octanol–water partition coefficient (Wildman–Crippen LogP) is 2.43. The van der Waals surface area contributed by atoms with Crippen LogP contribution < -0.4 is 11.1 Å². The lowest BCUT2D eigenvalue weighted by Gasteiger charge is -2.31. The summed E-state index contributed by atoms with van der Waals surface area (Å²) < 4.78 is 0. The summed E-state index contributed by atoms with van der Waals surface area (Å²) in [5.41, 5.74) is 8.57. The van der Waals surface area contributed by atoms with Crippen molar-refractivity contribution < 1.29 is 4.79 Å². The van der Waals surface area contributed by atoms with Crippen molar-refractivity contribution in [2.24, 2.45) is 17.6 Å². The maximum absolute atomic E-state index is 12.4. The second-order valence-electron chi connectivity index (χ2n) is 7.03. The Kier molecular flexibility index (Phi) is 4.03. The molecule has 0 radical (unpaired) electrons. The third-order valence-corrected chi connectivity index (χ3v) is 5.25. The summed E-state index contributed by atoms with van der Waals surface area (Å²) in [7, 11) is 0. The maximum atomic E-state index is 12.4. The first-order valence-corrected chi connectivity index (χ1v) is 8.18. The van der Waals surface area contributed by atoms with E-state index < -0.39 is 0 Å². The van der Waals surface area contributed by atoms with E-state index in [0.29, 0.717) is 24.8 Å². The molecule has 2 unspecified atom stereocenters. The molecular formula is C18H26N2O. The third kappa shape index (κ3) is 3.29. The maximum Gasteiger partial charge on any atom is 0.220 e. The van der Waals surface area contributed by atoms with E-state index >= 15 is 0 Å². The van der Waals surface area contributed by atoms with Gasteiger partial charge in [-0.05, 0) is 62.0 Å². The van der Waals surface area contributed by atoms with E-state index in [1.54, 1.807) is 0 Å². The number of amides is 1. The van der Waals surface area contributed by atoms with Crippen LogP contribution in [0, 0.1) is 11.8 Å². The molecule has 1 saturated carbocycles. The van der Waals surface area contributed by atoms with E-state index in [1.165, 1.54) is 24.0 Å². The van der Waals surface area contributed by atoms with Gasteiger partial charge in [0.1, 0.15) is 0 Å². The number of carbonyl (C=O) groups is 1. The van der Waals surface area contributed by atoms with Gasteiger partial charge >= 0.3 is 0 Å². The molecule has 0 bridgehead atoms. The second-order valence-corrected chi connectivity index (χ2v) is 7.03. The van der Waals surface area contributed by atoms with Gasteiger partial charge in [0, 0.05) is 13.0 Å². The molecule has 3 nitrogen and oxygen atoms in total. The van der Waals surface area contributed by atoms with Crippen molar-refractivity contribution in [2.45, 2.75) is 51.0 Å². The minimum atomic E-state index is -0.191. The van der Waals surface area contributed by atoms with Crippen LogP contribution in [0.15, 0.2) is 24.3 Å². The van der Waals surface area contributed by atoms with E-state index in [9.17, 15) is 4.79 Å². The minimum absolute atomic E-state index is 0.180. The van der Waals surface area contributed by atoms with Crippen LogP contribution in [0.1, 0.15) is 43.7 Å². The zero-order valence-corrected chi connectivity index (χ0v) is 12.9. The molecule has 1 aromatic rings. The molecule has 21 heavy (non-hydrogen) atoms. The number of benzene rings is 1. The molecule has 3 heteroatoms. The average molecular weight is 286 g/mol. The van der Waals surface area contributed by atoms with Crippen LogP contribution in [0.5, 0.6) is 0 Å². The molecule has 1 amide bonds. The average Bonchev–Trinajstić information content (AvgIpc) is 3.32. The summed E-state index contributed by atoms with van der Waals surface area (Å²) in [5, 5.41) is 3.21. The lowest BCUT2D eigenvalue weighted by molar-refractivity contribution is -0.124. The summed E-state index contributed by atoms with van der Waals surface area (Å²) in [6, 6.07) is 8.62. The second kappa shape index (κ2) is 5.80. The highest BCUT2D eigenvalue weighted by atomic mass is 16.1. The molecule has 2 aliphatic rings. The number of fused-ring (bicyclic) bond motifs is 1. The molecule has 0 spiro atoms. The van der Waals surface area contributed by atoms with Crippen molar-refractivity contribution in [3.8, 4) is 0 Å².